The number of nitrogens with one attached hydrogen (secondary N) is 3. The molecule has 1 unspecified atom stereocenters. The number of carbonyl (C=O) groups excluding carboxylic acids is 3. The van der Waals surface area contributed by atoms with Crippen molar-refractivity contribution >= 4 is 29.7 Å². The molecule has 1 aromatic heterocycles. The quantitative estimate of drug-likeness (QED) is 0.241. The van der Waals surface area contributed by atoms with Gasteiger partial charge in [0.25, 0.3) is 5.56 Å². The average Bonchev–Trinajstić information content (AvgIpc) is 2.99. The van der Waals surface area contributed by atoms with Crippen LogP contribution in [0.5, 0.6) is 0 Å². The maximum Gasteiger partial charge on any atom is 0.412 e. The third-order valence-electron chi connectivity index (χ3n) is 6.00. The molecule has 10 nitrogen and oxygen atoms in total. The highest BCUT2D eigenvalue weighted by molar-refractivity contribution is 6.29. The molecule has 11 heteroatoms. The number of carbonyl (C=O) groups is 3. The number of Topliss-reactive ketones (excluding diaryl/α,β-unsaturated/α-hetero) is 1. The molecule has 41 heavy (non-hydrogen) atoms. The van der Waals surface area contributed by atoms with Crippen molar-refractivity contribution < 1.29 is 23.5 Å². The van der Waals surface area contributed by atoms with Crippen molar-refractivity contribution in [2.24, 2.45) is 0 Å². The van der Waals surface area contributed by atoms with Crippen LogP contribution < -0.4 is 16.2 Å². The lowest BCUT2D eigenvalue weighted by molar-refractivity contribution is -0.125. The topological polar surface area (TPSA) is 143 Å². The Labute approximate surface area is 234 Å². The number of rotatable bonds is 11. The highest BCUT2D eigenvalue weighted by Gasteiger charge is 2.22. The maximum absolute atomic E-state index is 13.6. The summed E-state index contributed by atoms with van der Waals surface area (Å²) in [5.41, 5.74) is 0.818. The molecule has 0 bridgehead atoms. The van der Waals surface area contributed by atoms with Gasteiger partial charge < -0.3 is 15.5 Å². The third kappa shape index (κ3) is 7.79. The number of hydrogen-bond donors (Lipinski definition) is 3. The largest absolute Gasteiger partial charge is 0.444 e. The van der Waals surface area contributed by atoms with E-state index in [2.05, 4.69) is 15.6 Å². The standard InChI is InChI=1S/C30H26FN5O5/c31-23-13-11-22(12-14-23)28-33-17-25(35-30(40)41-19-21-9-5-2-6-10-21)29(39)36(28)18-27(38)34-24(26(37)16-32)15-20-7-3-1-4-8-20/h1-14,16-17,24,32H,15,18-19H2,(H,34,38)(H,35,40). The van der Waals surface area contributed by atoms with Gasteiger partial charge in [-0.15, -0.1) is 0 Å². The van der Waals surface area contributed by atoms with Crippen LogP contribution >= 0.6 is 0 Å². The molecule has 0 aliphatic heterocycles. The summed E-state index contributed by atoms with van der Waals surface area (Å²) in [7, 11) is 0. The molecule has 0 saturated carbocycles. The molecular weight excluding hydrogens is 529 g/mol. The number of ketones is 1. The van der Waals surface area contributed by atoms with E-state index in [9.17, 15) is 23.6 Å². The Hall–Kier alpha value is -5.45. The van der Waals surface area contributed by atoms with Gasteiger partial charge in [0, 0.05) is 12.0 Å². The van der Waals surface area contributed by atoms with Crippen LogP contribution in [0.4, 0.5) is 14.9 Å². The summed E-state index contributed by atoms with van der Waals surface area (Å²) in [5.74, 6) is -1.81. The zero-order valence-corrected chi connectivity index (χ0v) is 21.7. The van der Waals surface area contributed by atoms with Crippen molar-refractivity contribution in [3.63, 3.8) is 0 Å². The minimum atomic E-state index is -1.05. The molecule has 0 radical (unpaired) electrons. The molecule has 3 N–H and O–H groups in total. The molecule has 2 amide bonds. The molecule has 208 valence electrons. The van der Waals surface area contributed by atoms with Crippen molar-refractivity contribution in [1.82, 2.24) is 14.9 Å². The molecule has 4 rings (SSSR count). The number of benzene rings is 3. The van der Waals surface area contributed by atoms with Crippen LogP contribution in [0.15, 0.2) is 95.9 Å². The van der Waals surface area contributed by atoms with E-state index in [-0.39, 0.29) is 24.5 Å². The smallest absolute Gasteiger partial charge is 0.412 e. The number of ether oxygens (including phenoxy) is 1. The molecule has 0 spiro atoms. The van der Waals surface area contributed by atoms with Gasteiger partial charge in [0.05, 0.1) is 18.5 Å². The lowest BCUT2D eigenvalue weighted by Crippen LogP contribution is -2.45. The maximum atomic E-state index is 13.6. The molecule has 0 aliphatic rings. The fourth-order valence-electron chi connectivity index (χ4n) is 3.98. The second-order valence-corrected chi connectivity index (χ2v) is 8.94. The van der Waals surface area contributed by atoms with Gasteiger partial charge in [-0.2, -0.15) is 0 Å². The van der Waals surface area contributed by atoms with Gasteiger partial charge in [-0.1, -0.05) is 60.7 Å². The minimum Gasteiger partial charge on any atom is -0.444 e. The Bertz CT molecular complexity index is 1590. The van der Waals surface area contributed by atoms with Crippen LogP contribution in [0.3, 0.4) is 0 Å². The van der Waals surface area contributed by atoms with Gasteiger partial charge in [-0.3, -0.25) is 24.3 Å². The lowest BCUT2D eigenvalue weighted by Gasteiger charge is -2.18. The number of nitrogens with zero attached hydrogens (tertiary/aromatic N) is 2. The third-order valence-corrected chi connectivity index (χ3v) is 6.00. The summed E-state index contributed by atoms with van der Waals surface area (Å²) in [6.45, 7) is -0.613. The number of amides is 2. The monoisotopic (exact) mass is 555 g/mol. The van der Waals surface area contributed by atoms with Crippen LogP contribution in [-0.4, -0.2) is 39.6 Å². The fraction of sp³-hybridized carbons (Fsp3) is 0.133. The zero-order valence-electron chi connectivity index (χ0n) is 21.7. The van der Waals surface area contributed by atoms with Gasteiger partial charge in [0.2, 0.25) is 5.91 Å². The van der Waals surface area contributed by atoms with E-state index >= 15 is 0 Å². The molecule has 1 atom stereocenters. The highest BCUT2D eigenvalue weighted by atomic mass is 19.1. The van der Waals surface area contributed by atoms with Crippen molar-refractivity contribution in [2.45, 2.75) is 25.6 Å². The number of anilines is 1. The van der Waals surface area contributed by atoms with E-state index in [1.165, 1.54) is 24.3 Å². The van der Waals surface area contributed by atoms with E-state index in [1.54, 1.807) is 48.5 Å². The van der Waals surface area contributed by atoms with E-state index in [0.717, 1.165) is 21.9 Å². The first-order valence-electron chi connectivity index (χ1n) is 12.5. The van der Waals surface area contributed by atoms with Crippen LogP contribution in [0.2, 0.25) is 0 Å². The molecule has 0 aliphatic carbocycles. The van der Waals surface area contributed by atoms with Crippen molar-refractivity contribution in [3.05, 3.63) is 118 Å². The van der Waals surface area contributed by atoms with E-state index in [0.29, 0.717) is 11.8 Å². The predicted octanol–water partition coefficient (Wildman–Crippen LogP) is 3.74. The normalized spacial score (nSPS) is 11.2. The second kappa shape index (κ2) is 13.6. The summed E-state index contributed by atoms with van der Waals surface area (Å²) in [4.78, 5) is 55.6. The first-order valence-corrected chi connectivity index (χ1v) is 12.5. The average molecular weight is 556 g/mol. The molecular formula is C30H26FN5O5. The van der Waals surface area contributed by atoms with Gasteiger partial charge in [0.15, 0.2) is 5.78 Å². The Balaban J connectivity index is 1.58. The Morgan fingerprint density at radius 1 is 0.951 bits per heavy atom. The molecule has 1 heterocycles. The molecule has 0 saturated heterocycles. The number of hydrogen-bond acceptors (Lipinski definition) is 7. The first kappa shape index (κ1) is 28.6. The van der Waals surface area contributed by atoms with E-state index in [4.69, 9.17) is 10.1 Å². The molecule has 3 aromatic carbocycles. The van der Waals surface area contributed by atoms with Crippen molar-refractivity contribution in [1.29, 1.82) is 5.41 Å². The first-order chi connectivity index (χ1) is 19.8. The fourth-order valence-corrected chi connectivity index (χ4v) is 3.98. The highest BCUT2D eigenvalue weighted by Crippen LogP contribution is 2.18. The SMILES string of the molecule is N=CC(=O)C(Cc1ccccc1)NC(=O)Cn1c(-c2ccc(F)cc2)ncc(NC(=O)OCc2ccccc2)c1=O. The Morgan fingerprint density at radius 2 is 1.59 bits per heavy atom. The second-order valence-electron chi connectivity index (χ2n) is 8.94. The lowest BCUT2D eigenvalue weighted by atomic mass is 10.0. The van der Waals surface area contributed by atoms with Crippen LogP contribution in [0.25, 0.3) is 11.4 Å². The Kier molecular flexibility index (Phi) is 9.45. The van der Waals surface area contributed by atoms with Crippen LogP contribution in [-0.2, 0) is 33.9 Å². The Morgan fingerprint density at radius 3 is 2.22 bits per heavy atom. The van der Waals surface area contributed by atoms with Gasteiger partial charge in [-0.25, -0.2) is 14.2 Å². The van der Waals surface area contributed by atoms with Gasteiger partial charge in [0.1, 0.15) is 30.5 Å². The molecule has 4 aromatic rings. The van der Waals surface area contributed by atoms with E-state index < -0.39 is 41.7 Å². The summed E-state index contributed by atoms with van der Waals surface area (Å²) in [5, 5.41) is 12.3. The van der Waals surface area contributed by atoms with Crippen molar-refractivity contribution in [3.8, 4) is 11.4 Å². The van der Waals surface area contributed by atoms with Crippen LogP contribution in [0.1, 0.15) is 11.1 Å². The summed E-state index contributed by atoms with van der Waals surface area (Å²) in [6, 6.07) is 22.0. The summed E-state index contributed by atoms with van der Waals surface area (Å²) in [6.07, 6.45) is 0.971. The van der Waals surface area contributed by atoms with Gasteiger partial charge in [-0.05, 0) is 35.4 Å². The van der Waals surface area contributed by atoms with E-state index in [1.807, 2.05) is 12.1 Å². The number of aromatic nitrogens is 2. The molecule has 0 fully saturated rings. The summed E-state index contributed by atoms with van der Waals surface area (Å²) < 4.78 is 19.7. The zero-order chi connectivity index (χ0) is 29.2. The number of halogens is 1. The van der Waals surface area contributed by atoms with Crippen LogP contribution in [0, 0.1) is 11.2 Å². The summed E-state index contributed by atoms with van der Waals surface area (Å²) >= 11 is 0. The minimum absolute atomic E-state index is 0.0335. The van der Waals surface area contributed by atoms with Crippen molar-refractivity contribution in [2.75, 3.05) is 5.32 Å². The predicted molar refractivity (Wildman–Crippen MR) is 150 cm³/mol. The van der Waals surface area contributed by atoms with Gasteiger partial charge >= 0.3 is 6.09 Å².